The molecule has 0 unspecified atom stereocenters. The third-order valence-corrected chi connectivity index (χ3v) is 8.44. The van der Waals surface area contributed by atoms with Crippen LogP contribution >= 0.6 is 11.3 Å². The highest BCUT2D eigenvalue weighted by Crippen LogP contribution is 2.38. The summed E-state index contributed by atoms with van der Waals surface area (Å²) in [5.74, 6) is 1.71. The molecule has 9 heteroatoms. The second kappa shape index (κ2) is 13.1. The van der Waals surface area contributed by atoms with Gasteiger partial charge in [0.2, 0.25) is 0 Å². The van der Waals surface area contributed by atoms with E-state index in [1.165, 1.54) is 11.3 Å². The van der Waals surface area contributed by atoms with E-state index in [-0.39, 0.29) is 11.5 Å². The fourth-order valence-electron chi connectivity index (χ4n) is 5.18. The van der Waals surface area contributed by atoms with E-state index in [9.17, 15) is 9.59 Å². The smallest absolute Gasteiger partial charge is 0.271 e. The fraction of sp³-hybridized carbons (Fsp3) is 0.265. The SMILES string of the molecule is CCN(CC)C(=O)C1=C(C)N=c2s/c(=C/c3ccc(OCc4ccccc4)cc3)c(=O)n2[C@H]1c1cc(OC)ccc1OC. The van der Waals surface area contributed by atoms with Crippen LogP contribution in [0.4, 0.5) is 0 Å². The van der Waals surface area contributed by atoms with Crippen LogP contribution in [0.1, 0.15) is 43.5 Å². The number of aromatic nitrogens is 1. The van der Waals surface area contributed by atoms with Gasteiger partial charge in [0.1, 0.15) is 29.9 Å². The Bertz CT molecular complexity index is 1820. The number of nitrogens with zero attached hydrogens (tertiary/aromatic N) is 3. The fourth-order valence-corrected chi connectivity index (χ4v) is 6.22. The molecule has 0 saturated heterocycles. The van der Waals surface area contributed by atoms with Gasteiger partial charge in [-0.3, -0.25) is 14.2 Å². The van der Waals surface area contributed by atoms with Crippen LogP contribution in [-0.2, 0) is 11.4 Å². The number of methoxy groups -OCH3 is 2. The maximum absolute atomic E-state index is 14.1. The molecule has 2 heterocycles. The summed E-state index contributed by atoms with van der Waals surface area (Å²) in [6.45, 7) is 7.23. The van der Waals surface area contributed by atoms with Crippen LogP contribution in [0.5, 0.6) is 17.2 Å². The molecular weight excluding hydrogens is 562 g/mol. The van der Waals surface area contributed by atoms with Gasteiger partial charge in [0.05, 0.1) is 30.0 Å². The molecule has 1 aliphatic rings. The summed E-state index contributed by atoms with van der Waals surface area (Å²) in [5.41, 5.74) is 3.36. The van der Waals surface area contributed by atoms with E-state index in [1.807, 2.05) is 87.5 Å². The van der Waals surface area contributed by atoms with Crippen LogP contribution < -0.4 is 29.1 Å². The van der Waals surface area contributed by atoms with Crippen LogP contribution in [-0.4, -0.2) is 42.7 Å². The lowest BCUT2D eigenvalue weighted by Gasteiger charge is -2.30. The number of rotatable bonds is 10. The number of carbonyl (C=O) groups is 1. The minimum absolute atomic E-state index is 0.165. The summed E-state index contributed by atoms with van der Waals surface area (Å²) in [6.07, 6.45) is 1.84. The predicted octanol–water partition coefficient (Wildman–Crippen LogP) is 4.70. The van der Waals surface area contributed by atoms with Crippen molar-refractivity contribution in [2.24, 2.45) is 4.99 Å². The Morgan fingerprint density at radius 1 is 0.977 bits per heavy atom. The molecule has 0 spiro atoms. The topological polar surface area (TPSA) is 82.4 Å². The van der Waals surface area contributed by atoms with E-state index in [0.29, 0.717) is 57.4 Å². The normalized spacial score (nSPS) is 14.6. The number of allylic oxidation sites excluding steroid dienone is 1. The number of thiazole rings is 1. The maximum atomic E-state index is 14.1. The Hall–Kier alpha value is -4.63. The zero-order valence-corrected chi connectivity index (χ0v) is 25.8. The van der Waals surface area contributed by atoms with Gasteiger partial charge in [-0.25, -0.2) is 4.99 Å². The summed E-state index contributed by atoms with van der Waals surface area (Å²) in [5, 5.41) is 0. The molecule has 3 aromatic carbocycles. The quantitative estimate of drug-likeness (QED) is 0.265. The summed E-state index contributed by atoms with van der Waals surface area (Å²) < 4.78 is 19.3. The molecule has 4 aromatic rings. The van der Waals surface area contributed by atoms with E-state index < -0.39 is 6.04 Å². The zero-order valence-electron chi connectivity index (χ0n) is 25.0. The van der Waals surface area contributed by atoms with Crippen LogP contribution in [0.2, 0.25) is 0 Å². The molecule has 1 amide bonds. The summed E-state index contributed by atoms with van der Waals surface area (Å²) >= 11 is 1.29. The second-order valence-electron chi connectivity index (χ2n) is 10.0. The third-order valence-electron chi connectivity index (χ3n) is 7.46. The standard InChI is InChI=1S/C34H35N3O5S/c1-6-36(7-2)33(39)30-22(3)35-34-37(31(30)27-20-26(40-4)17-18-28(27)41-5)32(38)29(43-34)19-23-13-15-25(16-14-23)42-21-24-11-9-8-10-12-24/h8-20,31H,6-7,21H2,1-5H3/b29-19+/t31-/m0/s1. The lowest BCUT2D eigenvalue weighted by molar-refractivity contribution is -0.127. The van der Waals surface area contributed by atoms with Crippen molar-refractivity contribution in [1.29, 1.82) is 0 Å². The molecule has 0 aliphatic carbocycles. The van der Waals surface area contributed by atoms with Crippen LogP contribution in [0.15, 0.2) is 93.9 Å². The monoisotopic (exact) mass is 597 g/mol. The molecule has 0 N–H and O–H groups in total. The van der Waals surface area contributed by atoms with E-state index in [2.05, 4.69) is 0 Å². The summed E-state index contributed by atoms with van der Waals surface area (Å²) in [6, 6.07) is 22.3. The average molecular weight is 598 g/mol. The second-order valence-corrected chi connectivity index (χ2v) is 11.0. The highest BCUT2D eigenvalue weighted by Gasteiger charge is 2.36. The molecule has 0 saturated carbocycles. The minimum atomic E-state index is -0.745. The number of benzene rings is 3. The van der Waals surface area contributed by atoms with Crippen molar-refractivity contribution in [2.45, 2.75) is 33.4 Å². The average Bonchev–Trinajstić information content (AvgIpc) is 3.34. The first kappa shape index (κ1) is 29.8. The molecular formula is C34H35N3O5S. The Morgan fingerprint density at radius 2 is 1.67 bits per heavy atom. The zero-order chi connectivity index (χ0) is 30.5. The number of likely N-dealkylation sites (N-methyl/N-ethyl adjacent to an activating group) is 1. The molecule has 0 fully saturated rings. The molecule has 1 atom stereocenters. The molecule has 0 bridgehead atoms. The van der Waals surface area contributed by atoms with Gasteiger partial charge in [-0.2, -0.15) is 0 Å². The van der Waals surface area contributed by atoms with E-state index >= 15 is 0 Å². The molecule has 0 radical (unpaired) electrons. The van der Waals surface area contributed by atoms with Gasteiger partial charge >= 0.3 is 0 Å². The summed E-state index contributed by atoms with van der Waals surface area (Å²) in [7, 11) is 3.16. The molecule has 8 nitrogen and oxygen atoms in total. The summed E-state index contributed by atoms with van der Waals surface area (Å²) in [4.78, 5) is 35.0. The molecule has 5 rings (SSSR count). The highest BCUT2D eigenvalue weighted by atomic mass is 32.1. The van der Waals surface area contributed by atoms with Crippen molar-refractivity contribution in [2.75, 3.05) is 27.3 Å². The van der Waals surface area contributed by atoms with Gasteiger partial charge in [-0.15, -0.1) is 0 Å². The first-order valence-corrected chi connectivity index (χ1v) is 15.0. The number of ether oxygens (including phenoxy) is 3. The van der Waals surface area contributed by atoms with Crippen LogP contribution in [0, 0.1) is 0 Å². The Kier molecular flexibility index (Phi) is 9.11. The van der Waals surface area contributed by atoms with Gasteiger partial charge in [0, 0.05) is 18.7 Å². The number of hydrogen-bond acceptors (Lipinski definition) is 7. The minimum Gasteiger partial charge on any atom is -0.497 e. The van der Waals surface area contributed by atoms with Crippen LogP contribution in [0.3, 0.4) is 0 Å². The van der Waals surface area contributed by atoms with Gasteiger partial charge in [0.15, 0.2) is 4.80 Å². The number of carbonyl (C=O) groups excluding carboxylic acids is 1. The van der Waals surface area contributed by atoms with Crippen molar-refractivity contribution >= 4 is 23.3 Å². The maximum Gasteiger partial charge on any atom is 0.271 e. The highest BCUT2D eigenvalue weighted by molar-refractivity contribution is 7.07. The first-order valence-electron chi connectivity index (χ1n) is 14.2. The Labute approximate surface area is 254 Å². The van der Waals surface area contributed by atoms with E-state index in [4.69, 9.17) is 19.2 Å². The molecule has 43 heavy (non-hydrogen) atoms. The Morgan fingerprint density at radius 3 is 2.33 bits per heavy atom. The van der Waals surface area contributed by atoms with E-state index in [1.54, 1.807) is 35.8 Å². The predicted molar refractivity (Wildman–Crippen MR) is 168 cm³/mol. The first-order chi connectivity index (χ1) is 20.9. The molecule has 1 aliphatic heterocycles. The van der Waals surface area contributed by atoms with Crippen molar-refractivity contribution in [3.05, 3.63) is 120 Å². The molecule has 1 aromatic heterocycles. The van der Waals surface area contributed by atoms with Gasteiger partial charge in [-0.1, -0.05) is 53.8 Å². The largest absolute Gasteiger partial charge is 0.497 e. The van der Waals surface area contributed by atoms with Gasteiger partial charge in [-0.05, 0) is 68.3 Å². The van der Waals surface area contributed by atoms with Gasteiger partial charge < -0.3 is 19.1 Å². The van der Waals surface area contributed by atoms with Crippen molar-refractivity contribution < 1.29 is 19.0 Å². The van der Waals surface area contributed by atoms with Crippen molar-refractivity contribution in [3.63, 3.8) is 0 Å². The molecule has 222 valence electrons. The van der Waals surface area contributed by atoms with Gasteiger partial charge in [0.25, 0.3) is 11.5 Å². The lowest BCUT2D eigenvalue weighted by Crippen LogP contribution is -2.43. The number of fused-ring (bicyclic) bond motifs is 1. The van der Waals surface area contributed by atoms with Crippen molar-refractivity contribution in [3.8, 4) is 17.2 Å². The van der Waals surface area contributed by atoms with Crippen LogP contribution in [0.25, 0.3) is 6.08 Å². The van der Waals surface area contributed by atoms with Crippen molar-refractivity contribution in [1.82, 2.24) is 9.47 Å². The number of hydrogen-bond donors (Lipinski definition) is 0. The Balaban J connectivity index is 1.58. The number of amides is 1. The third kappa shape index (κ3) is 6.12. The lowest BCUT2D eigenvalue weighted by atomic mass is 9.93. The van der Waals surface area contributed by atoms with E-state index in [0.717, 1.165) is 16.9 Å².